The van der Waals surface area contributed by atoms with Crippen LogP contribution in [0.1, 0.15) is 16.7 Å². The Morgan fingerprint density at radius 2 is 0.631 bits per heavy atom. The minimum atomic E-state index is 1.28. The van der Waals surface area contributed by atoms with E-state index in [1.165, 1.54) is 126 Å². The molecule has 0 N–H and O–H groups in total. The smallest absolute Gasteiger partial charge is 0.00201 e. The Morgan fingerprint density at radius 1 is 0.200 bits per heavy atom. The Labute approximate surface area is 381 Å². The van der Waals surface area contributed by atoms with E-state index in [-0.39, 0.29) is 0 Å². The lowest BCUT2D eigenvalue weighted by atomic mass is 9.93. The molecular formula is C65H48. The fourth-order valence-electron chi connectivity index (χ4n) is 10.00. The van der Waals surface area contributed by atoms with Gasteiger partial charge < -0.3 is 0 Å². The Hall–Kier alpha value is -8.06. The Kier molecular flexibility index (Phi) is 10.3. The molecule has 0 nitrogen and oxygen atoms in total. The van der Waals surface area contributed by atoms with Gasteiger partial charge in [0, 0.05) is 0 Å². The van der Waals surface area contributed by atoms with Gasteiger partial charge in [0.05, 0.1) is 0 Å². The average molecular weight is 829 g/mol. The molecule has 1 aliphatic rings. The summed E-state index contributed by atoms with van der Waals surface area (Å²) < 4.78 is 0. The minimum Gasteiger partial charge on any atom is -0.0616 e. The molecule has 65 heavy (non-hydrogen) atoms. The van der Waals surface area contributed by atoms with Crippen LogP contribution in [0.2, 0.25) is 0 Å². The summed E-state index contributed by atoms with van der Waals surface area (Å²) >= 11 is 0. The van der Waals surface area contributed by atoms with Gasteiger partial charge >= 0.3 is 0 Å². The van der Waals surface area contributed by atoms with Crippen molar-refractivity contribution < 1.29 is 0 Å². The third-order valence-electron chi connectivity index (χ3n) is 13.1. The van der Waals surface area contributed by atoms with Crippen LogP contribution in [0.4, 0.5) is 0 Å². The van der Waals surface area contributed by atoms with Gasteiger partial charge in [-0.15, -0.1) is 0 Å². The summed E-state index contributed by atoms with van der Waals surface area (Å²) in [5.41, 5.74) is 17.1. The molecule has 0 atom stereocenters. The Bertz CT molecular complexity index is 3720. The predicted octanol–water partition coefficient (Wildman–Crippen LogP) is 18.4. The van der Waals surface area contributed by atoms with Crippen LogP contribution < -0.4 is 0 Å². The van der Waals surface area contributed by atoms with E-state index >= 15 is 0 Å². The molecule has 308 valence electrons. The maximum Gasteiger partial charge on any atom is -0.00201 e. The van der Waals surface area contributed by atoms with Crippen LogP contribution in [0.5, 0.6) is 0 Å². The highest BCUT2D eigenvalue weighted by molar-refractivity contribution is 6.19. The molecule has 1 aliphatic carbocycles. The van der Waals surface area contributed by atoms with E-state index in [0.29, 0.717) is 0 Å². The average Bonchev–Trinajstić information content (AvgIpc) is 3.68. The monoisotopic (exact) mass is 828 g/mol. The van der Waals surface area contributed by atoms with E-state index in [0.717, 1.165) is 0 Å². The highest BCUT2D eigenvalue weighted by atomic mass is 14.2. The SMILES string of the molecule is Cc1cccc(-c2cc3ccccc3c3ccccc23)c1.Cc1cccc(-c2ccc3c(ccc4ccccc43)c2)c1.Cc1cccc(-c2ccc3c4c(cccc24)-c2ccccc2-3)c1. The van der Waals surface area contributed by atoms with E-state index < -0.39 is 0 Å². The normalized spacial score (nSPS) is 11.3. The second-order valence-corrected chi connectivity index (χ2v) is 17.5. The number of hydrogen-bond acceptors (Lipinski definition) is 0. The first-order chi connectivity index (χ1) is 32.0. The molecule has 0 saturated heterocycles. The number of fused-ring (bicyclic) bond motifs is 9. The van der Waals surface area contributed by atoms with Gasteiger partial charge in [-0.05, 0) is 142 Å². The first kappa shape index (κ1) is 39.8. The van der Waals surface area contributed by atoms with Gasteiger partial charge in [0.25, 0.3) is 0 Å². The number of rotatable bonds is 3. The van der Waals surface area contributed by atoms with Gasteiger partial charge in [0.15, 0.2) is 0 Å². The van der Waals surface area contributed by atoms with Crippen molar-refractivity contribution >= 4 is 53.9 Å². The maximum absolute atomic E-state index is 2.31. The van der Waals surface area contributed by atoms with Crippen LogP contribution in [0, 0.1) is 20.8 Å². The lowest BCUT2D eigenvalue weighted by molar-refractivity contribution is 1.47. The minimum absolute atomic E-state index is 1.28. The molecule has 0 aliphatic heterocycles. The second kappa shape index (κ2) is 16.9. The largest absolute Gasteiger partial charge is 0.0616 e. The summed E-state index contributed by atoms with van der Waals surface area (Å²) in [6, 6.07) is 85.5. The summed E-state index contributed by atoms with van der Waals surface area (Å²) in [6.07, 6.45) is 0. The summed E-state index contributed by atoms with van der Waals surface area (Å²) in [4.78, 5) is 0. The number of hydrogen-bond donors (Lipinski definition) is 0. The number of aryl methyl sites for hydroxylation is 3. The molecular weight excluding hydrogens is 781 g/mol. The highest BCUT2D eigenvalue weighted by Crippen LogP contribution is 2.49. The molecule has 0 heterocycles. The molecule has 0 spiro atoms. The number of benzene rings is 12. The van der Waals surface area contributed by atoms with E-state index in [1.807, 2.05) is 0 Å². The van der Waals surface area contributed by atoms with Crippen LogP contribution in [0.15, 0.2) is 237 Å². The van der Waals surface area contributed by atoms with Gasteiger partial charge in [-0.1, -0.05) is 241 Å². The maximum atomic E-state index is 2.31. The third kappa shape index (κ3) is 7.54. The van der Waals surface area contributed by atoms with Gasteiger partial charge in [0.2, 0.25) is 0 Å². The van der Waals surface area contributed by atoms with Crippen molar-refractivity contribution in [1.82, 2.24) is 0 Å². The Morgan fingerprint density at radius 3 is 1.32 bits per heavy atom. The van der Waals surface area contributed by atoms with Crippen molar-refractivity contribution in [3.05, 3.63) is 253 Å². The molecule has 12 aromatic carbocycles. The molecule has 0 unspecified atom stereocenters. The zero-order valence-corrected chi connectivity index (χ0v) is 37.0. The zero-order valence-electron chi connectivity index (χ0n) is 37.0. The molecule has 13 rings (SSSR count). The van der Waals surface area contributed by atoms with Crippen molar-refractivity contribution in [1.29, 1.82) is 0 Å². The summed E-state index contributed by atoms with van der Waals surface area (Å²) in [5, 5.41) is 13.3. The van der Waals surface area contributed by atoms with Crippen LogP contribution in [-0.2, 0) is 0 Å². The standard InChI is InChI=1S/C23H16.2C21H16/c1-15-6-4-7-16(14-15)17-12-13-22-19-9-3-2-8-18(19)21-11-5-10-20(17)23(21)22;1-15-7-6-9-16(13-15)21-14-17-8-2-3-10-18(17)19-11-4-5-12-20(19)21;1-15-5-4-7-17(13-15)18-11-12-21-19(14-18)10-9-16-6-2-3-8-20(16)21/h2-14H,1H3;2*2-14H,1H3. The molecule has 0 heteroatoms. The third-order valence-corrected chi connectivity index (χ3v) is 13.1. The van der Waals surface area contributed by atoms with Crippen LogP contribution in [-0.4, -0.2) is 0 Å². The topological polar surface area (TPSA) is 0 Å². The highest BCUT2D eigenvalue weighted by Gasteiger charge is 2.22. The molecule has 0 amide bonds. The molecule has 0 saturated carbocycles. The molecule has 12 aromatic rings. The molecule has 0 aromatic heterocycles. The van der Waals surface area contributed by atoms with Crippen molar-refractivity contribution in [3.63, 3.8) is 0 Å². The van der Waals surface area contributed by atoms with Gasteiger partial charge in [-0.3, -0.25) is 0 Å². The zero-order chi connectivity index (χ0) is 43.9. The van der Waals surface area contributed by atoms with Crippen molar-refractivity contribution in [2.45, 2.75) is 20.8 Å². The fraction of sp³-hybridized carbons (Fsp3) is 0.0462. The van der Waals surface area contributed by atoms with E-state index in [1.54, 1.807) is 0 Å². The van der Waals surface area contributed by atoms with E-state index in [4.69, 9.17) is 0 Å². The second-order valence-electron chi connectivity index (χ2n) is 17.5. The van der Waals surface area contributed by atoms with Crippen LogP contribution in [0.25, 0.3) is 109 Å². The lowest BCUT2D eigenvalue weighted by Gasteiger charge is -2.11. The summed E-state index contributed by atoms with van der Waals surface area (Å²) in [6.45, 7) is 6.43. The predicted molar refractivity (Wildman–Crippen MR) is 282 cm³/mol. The van der Waals surface area contributed by atoms with Gasteiger partial charge in [-0.2, -0.15) is 0 Å². The quantitative estimate of drug-likeness (QED) is 0.156. The van der Waals surface area contributed by atoms with Crippen molar-refractivity contribution in [3.8, 4) is 55.6 Å². The van der Waals surface area contributed by atoms with Crippen molar-refractivity contribution in [2.24, 2.45) is 0 Å². The van der Waals surface area contributed by atoms with Crippen molar-refractivity contribution in [2.75, 3.05) is 0 Å². The van der Waals surface area contributed by atoms with E-state index in [2.05, 4.69) is 257 Å². The van der Waals surface area contributed by atoms with Crippen LogP contribution in [0.3, 0.4) is 0 Å². The summed E-state index contributed by atoms with van der Waals surface area (Å²) in [5.74, 6) is 0. The summed E-state index contributed by atoms with van der Waals surface area (Å²) in [7, 11) is 0. The van der Waals surface area contributed by atoms with Crippen LogP contribution >= 0.6 is 0 Å². The molecule has 0 fully saturated rings. The molecule has 0 bridgehead atoms. The van der Waals surface area contributed by atoms with Gasteiger partial charge in [0.1, 0.15) is 0 Å². The van der Waals surface area contributed by atoms with Gasteiger partial charge in [-0.25, -0.2) is 0 Å². The van der Waals surface area contributed by atoms with E-state index in [9.17, 15) is 0 Å². The lowest BCUT2D eigenvalue weighted by Crippen LogP contribution is -1.85. The Balaban J connectivity index is 0.000000108. The first-order valence-electron chi connectivity index (χ1n) is 22.7. The fourth-order valence-corrected chi connectivity index (χ4v) is 10.00. The molecule has 0 radical (unpaired) electrons. The first-order valence-corrected chi connectivity index (χ1v) is 22.7.